The molecule has 1 aromatic carbocycles. The van der Waals surface area contributed by atoms with E-state index in [1.807, 2.05) is 24.3 Å². The first kappa shape index (κ1) is 12.6. The van der Waals surface area contributed by atoms with Crippen molar-refractivity contribution in [3.05, 3.63) is 35.2 Å². The van der Waals surface area contributed by atoms with Gasteiger partial charge in [-0.15, -0.1) is 11.3 Å². The number of fused-ring (bicyclic) bond motifs is 1. The molecule has 3 rings (SSSR count). The molecule has 0 saturated carbocycles. The lowest BCUT2D eigenvalue weighted by atomic mass is 10.1. The number of carbonyl (C=O) groups excluding carboxylic acids is 1. The van der Waals surface area contributed by atoms with Gasteiger partial charge in [0, 0.05) is 17.3 Å². The van der Waals surface area contributed by atoms with E-state index in [4.69, 9.17) is 0 Å². The van der Waals surface area contributed by atoms with Gasteiger partial charge in [0.1, 0.15) is 0 Å². The van der Waals surface area contributed by atoms with E-state index in [0.717, 1.165) is 29.8 Å². The van der Waals surface area contributed by atoms with Crippen molar-refractivity contribution in [2.24, 2.45) is 0 Å². The second kappa shape index (κ2) is 5.72. The van der Waals surface area contributed by atoms with Gasteiger partial charge in [0.15, 0.2) is 0 Å². The van der Waals surface area contributed by atoms with Gasteiger partial charge in [-0.25, -0.2) is 0 Å². The molecule has 19 heavy (non-hydrogen) atoms. The number of carbonyl (C=O) groups is 1. The number of benzene rings is 1. The number of thiophene rings is 1. The molecular weight excluding hydrogens is 256 g/mol. The molecule has 3 nitrogen and oxygen atoms in total. The first-order valence-corrected chi connectivity index (χ1v) is 7.65. The number of hydrogen-bond donors (Lipinski definition) is 2. The summed E-state index contributed by atoms with van der Waals surface area (Å²) in [6.07, 6.45) is 3.52. The number of hydrogen-bond acceptors (Lipinski definition) is 3. The second-order valence-electron chi connectivity index (χ2n) is 4.99. The molecule has 0 bridgehead atoms. The normalized spacial score (nSPS) is 18.8. The van der Waals surface area contributed by atoms with Gasteiger partial charge in [-0.2, -0.15) is 0 Å². The third-order valence-electron chi connectivity index (χ3n) is 3.59. The summed E-state index contributed by atoms with van der Waals surface area (Å²) in [6, 6.07) is 10.7. The minimum Gasteiger partial charge on any atom is -0.351 e. The lowest BCUT2D eigenvalue weighted by Crippen LogP contribution is -2.30. The van der Waals surface area contributed by atoms with Crippen molar-refractivity contribution in [3.8, 4) is 0 Å². The van der Waals surface area contributed by atoms with Crippen molar-refractivity contribution in [1.29, 1.82) is 0 Å². The molecule has 1 atom stereocenters. The summed E-state index contributed by atoms with van der Waals surface area (Å²) in [5.74, 6) is 0.0548. The highest BCUT2D eigenvalue weighted by molar-refractivity contribution is 7.20. The van der Waals surface area contributed by atoms with Crippen molar-refractivity contribution in [3.63, 3.8) is 0 Å². The molecule has 1 aromatic heterocycles. The highest BCUT2D eigenvalue weighted by atomic mass is 32.1. The van der Waals surface area contributed by atoms with Gasteiger partial charge in [-0.05, 0) is 43.3 Å². The first-order valence-electron chi connectivity index (χ1n) is 6.83. The number of nitrogens with one attached hydrogen (secondary N) is 2. The first-order chi connectivity index (χ1) is 9.33. The molecule has 0 unspecified atom stereocenters. The van der Waals surface area contributed by atoms with Gasteiger partial charge in [-0.3, -0.25) is 4.79 Å². The maximum absolute atomic E-state index is 12.1. The van der Waals surface area contributed by atoms with Gasteiger partial charge in [0.2, 0.25) is 0 Å². The van der Waals surface area contributed by atoms with Crippen LogP contribution in [0.25, 0.3) is 10.1 Å². The Bertz CT molecular complexity index is 539. The molecule has 0 spiro atoms. The minimum absolute atomic E-state index is 0.0548. The molecule has 100 valence electrons. The molecule has 1 aliphatic heterocycles. The fourth-order valence-electron chi connectivity index (χ4n) is 2.54. The van der Waals surface area contributed by atoms with Crippen LogP contribution in [0.2, 0.25) is 0 Å². The summed E-state index contributed by atoms with van der Waals surface area (Å²) in [7, 11) is 0. The van der Waals surface area contributed by atoms with E-state index in [0.29, 0.717) is 6.04 Å². The van der Waals surface area contributed by atoms with Crippen LogP contribution in [0.4, 0.5) is 0 Å². The van der Waals surface area contributed by atoms with Crippen molar-refractivity contribution < 1.29 is 4.79 Å². The molecule has 1 amide bonds. The van der Waals surface area contributed by atoms with Crippen molar-refractivity contribution in [2.75, 3.05) is 13.1 Å². The highest BCUT2D eigenvalue weighted by Crippen LogP contribution is 2.25. The maximum Gasteiger partial charge on any atom is 0.261 e. The Hall–Kier alpha value is -1.39. The van der Waals surface area contributed by atoms with E-state index in [9.17, 15) is 4.79 Å². The average Bonchev–Trinajstić information content (AvgIpc) is 3.07. The molecule has 2 aromatic rings. The van der Waals surface area contributed by atoms with E-state index in [1.54, 1.807) is 11.3 Å². The zero-order valence-electron chi connectivity index (χ0n) is 10.8. The topological polar surface area (TPSA) is 41.1 Å². The smallest absolute Gasteiger partial charge is 0.261 e. The molecule has 2 N–H and O–H groups in total. The monoisotopic (exact) mass is 274 g/mol. The number of rotatable bonds is 4. The summed E-state index contributed by atoms with van der Waals surface area (Å²) in [6.45, 7) is 1.87. The largest absolute Gasteiger partial charge is 0.351 e. The van der Waals surface area contributed by atoms with Gasteiger partial charge in [-0.1, -0.05) is 18.2 Å². The zero-order chi connectivity index (χ0) is 13.1. The van der Waals surface area contributed by atoms with Crippen LogP contribution in [-0.4, -0.2) is 25.0 Å². The molecular formula is C15H18N2OS. The fraction of sp³-hybridized carbons (Fsp3) is 0.400. The Morgan fingerprint density at radius 1 is 1.42 bits per heavy atom. The third kappa shape index (κ3) is 2.96. The van der Waals surface area contributed by atoms with Crippen LogP contribution < -0.4 is 10.6 Å². The number of amides is 1. The van der Waals surface area contributed by atoms with Gasteiger partial charge in [0.25, 0.3) is 5.91 Å². The summed E-state index contributed by atoms with van der Waals surface area (Å²) in [5.41, 5.74) is 0. The second-order valence-corrected chi connectivity index (χ2v) is 6.07. The molecule has 0 radical (unpaired) electrons. The van der Waals surface area contributed by atoms with Gasteiger partial charge >= 0.3 is 0 Å². The van der Waals surface area contributed by atoms with Crippen LogP contribution in [0.1, 0.15) is 28.9 Å². The molecule has 4 heteroatoms. The third-order valence-corrected chi connectivity index (χ3v) is 4.70. The van der Waals surface area contributed by atoms with Gasteiger partial charge < -0.3 is 10.6 Å². The van der Waals surface area contributed by atoms with Crippen LogP contribution >= 0.6 is 11.3 Å². The quantitative estimate of drug-likeness (QED) is 0.900. The lowest BCUT2D eigenvalue weighted by molar-refractivity contribution is 0.0956. The van der Waals surface area contributed by atoms with Crippen LogP contribution in [0.5, 0.6) is 0 Å². The van der Waals surface area contributed by atoms with Crippen LogP contribution in [0.15, 0.2) is 30.3 Å². The average molecular weight is 274 g/mol. The van der Waals surface area contributed by atoms with Gasteiger partial charge in [0.05, 0.1) is 4.88 Å². The van der Waals surface area contributed by atoms with Crippen LogP contribution in [0.3, 0.4) is 0 Å². The predicted octanol–water partition coefficient (Wildman–Crippen LogP) is 2.77. The summed E-state index contributed by atoms with van der Waals surface area (Å²) in [5, 5.41) is 7.61. The van der Waals surface area contributed by atoms with Crippen molar-refractivity contribution in [2.45, 2.75) is 25.3 Å². The Morgan fingerprint density at radius 3 is 3.11 bits per heavy atom. The van der Waals surface area contributed by atoms with Crippen molar-refractivity contribution in [1.82, 2.24) is 10.6 Å². The highest BCUT2D eigenvalue weighted by Gasteiger charge is 2.14. The molecule has 1 fully saturated rings. The van der Waals surface area contributed by atoms with E-state index >= 15 is 0 Å². The van der Waals surface area contributed by atoms with E-state index in [-0.39, 0.29) is 5.91 Å². The zero-order valence-corrected chi connectivity index (χ0v) is 11.6. The fourth-order valence-corrected chi connectivity index (χ4v) is 3.52. The standard InChI is InChI=1S/C15H18N2OS/c18-15(17-9-7-12-5-3-8-16-12)14-10-11-4-1-2-6-13(11)19-14/h1-2,4,6,10,12,16H,3,5,7-9H2,(H,17,18)/t12-/m1/s1. The summed E-state index contributed by atoms with van der Waals surface area (Å²) >= 11 is 1.56. The minimum atomic E-state index is 0.0548. The SMILES string of the molecule is O=C(NCC[C@H]1CCCN1)c1cc2ccccc2s1. The Balaban J connectivity index is 1.57. The lowest BCUT2D eigenvalue weighted by Gasteiger charge is -2.09. The molecule has 2 heterocycles. The van der Waals surface area contributed by atoms with E-state index in [2.05, 4.69) is 16.7 Å². The summed E-state index contributed by atoms with van der Waals surface area (Å²) in [4.78, 5) is 12.9. The molecule has 1 saturated heterocycles. The molecule has 0 aliphatic carbocycles. The maximum atomic E-state index is 12.1. The Labute approximate surface area is 117 Å². The van der Waals surface area contributed by atoms with Crippen LogP contribution in [0, 0.1) is 0 Å². The summed E-state index contributed by atoms with van der Waals surface area (Å²) < 4.78 is 1.17. The Morgan fingerprint density at radius 2 is 2.32 bits per heavy atom. The van der Waals surface area contributed by atoms with Crippen molar-refractivity contribution >= 4 is 27.3 Å². The van der Waals surface area contributed by atoms with Crippen LogP contribution in [-0.2, 0) is 0 Å². The predicted molar refractivity (Wildman–Crippen MR) is 79.8 cm³/mol. The van der Waals surface area contributed by atoms with E-state index in [1.165, 1.54) is 17.5 Å². The van der Waals surface area contributed by atoms with E-state index < -0.39 is 0 Å². The molecule has 1 aliphatic rings. The Kier molecular flexibility index (Phi) is 3.80.